The summed E-state index contributed by atoms with van der Waals surface area (Å²) in [7, 11) is 0. The molecule has 1 atom stereocenters. The molecule has 0 amide bonds. The second-order valence-electron chi connectivity index (χ2n) is 4.63. The summed E-state index contributed by atoms with van der Waals surface area (Å²) >= 11 is 6.28. The van der Waals surface area contributed by atoms with Crippen molar-refractivity contribution >= 4 is 23.7 Å². The van der Waals surface area contributed by atoms with Gasteiger partial charge in [-0.05, 0) is 17.3 Å². The van der Waals surface area contributed by atoms with Gasteiger partial charge < -0.3 is 9.47 Å². The van der Waals surface area contributed by atoms with Crippen LogP contribution >= 0.6 is 11.8 Å². The minimum absolute atomic E-state index is 0.160. The first-order chi connectivity index (χ1) is 9.99. The summed E-state index contributed by atoms with van der Waals surface area (Å²) < 4.78 is 11.5. The zero-order valence-electron chi connectivity index (χ0n) is 12.3. The summed E-state index contributed by atoms with van der Waals surface area (Å²) in [5.74, 6) is -0.706. The Kier molecular flexibility index (Phi) is 7.79. The number of carbonyl (C=O) groups is 2. The number of ether oxygens (including phenoxy) is 2. The molecule has 0 spiro atoms. The number of esters is 2. The average Bonchev–Trinajstić information content (AvgIpc) is 2.43. The van der Waals surface area contributed by atoms with Crippen molar-refractivity contribution in [3.05, 3.63) is 35.9 Å². The third kappa shape index (κ3) is 7.68. The molecule has 1 rings (SSSR count). The van der Waals surface area contributed by atoms with Crippen LogP contribution in [0, 0.1) is 0 Å². The minimum Gasteiger partial charge on any atom is -0.466 e. The molecule has 1 aromatic carbocycles. The van der Waals surface area contributed by atoms with Gasteiger partial charge in [0.15, 0.2) is 0 Å². The first kappa shape index (κ1) is 17.5. The van der Waals surface area contributed by atoms with Gasteiger partial charge in [0.25, 0.3) is 0 Å². The maximum Gasteiger partial charge on any atom is 0.302 e. The third-order valence-corrected chi connectivity index (χ3v) is 3.20. The lowest BCUT2D eigenvalue weighted by Crippen LogP contribution is -2.33. The molecule has 1 aromatic rings. The molecular formula is C15H20ClNO4. The fraction of sp³-hybridized carbons (Fsp3) is 0.467. The van der Waals surface area contributed by atoms with Crippen LogP contribution in [0.5, 0.6) is 0 Å². The highest BCUT2D eigenvalue weighted by atomic mass is 35.5. The van der Waals surface area contributed by atoms with Crippen LogP contribution in [0.1, 0.15) is 25.8 Å². The highest BCUT2D eigenvalue weighted by Gasteiger charge is 2.19. The van der Waals surface area contributed by atoms with E-state index < -0.39 is 0 Å². The summed E-state index contributed by atoms with van der Waals surface area (Å²) in [5, 5.41) is 0. The predicted octanol–water partition coefficient (Wildman–Crippen LogP) is 2.53. The number of carbonyl (C=O) groups excluding carboxylic acids is 2. The lowest BCUT2D eigenvalue weighted by molar-refractivity contribution is -0.144. The van der Waals surface area contributed by atoms with Gasteiger partial charge in [0.05, 0.1) is 12.6 Å². The largest absolute Gasteiger partial charge is 0.466 e. The topological polar surface area (TPSA) is 55.8 Å². The molecular weight excluding hydrogens is 294 g/mol. The van der Waals surface area contributed by atoms with Crippen molar-refractivity contribution in [3.63, 3.8) is 0 Å². The van der Waals surface area contributed by atoms with Crippen molar-refractivity contribution in [3.8, 4) is 0 Å². The zero-order valence-corrected chi connectivity index (χ0v) is 13.0. The van der Waals surface area contributed by atoms with Crippen molar-refractivity contribution in [1.29, 1.82) is 0 Å². The molecule has 0 N–H and O–H groups in total. The number of nitrogens with zero attached hydrogens (tertiary/aromatic N) is 1. The van der Waals surface area contributed by atoms with Gasteiger partial charge in [-0.1, -0.05) is 30.3 Å². The van der Waals surface area contributed by atoms with E-state index in [-0.39, 0.29) is 31.2 Å². The first-order valence-electron chi connectivity index (χ1n) is 6.72. The normalized spacial score (nSPS) is 12.0. The van der Waals surface area contributed by atoms with Crippen molar-refractivity contribution in [2.75, 3.05) is 13.2 Å². The number of hydrogen-bond donors (Lipinski definition) is 0. The summed E-state index contributed by atoms with van der Waals surface area (Å²) in [6.45, 7) is 3.60. The molecule has 0 aliphatic carbocycles. The molecule has 0 aromatic heterocycles. The molecule has 5 nitrogen and oxygen atoms in total. The number of halogens is 1. The van der Waals surface area contributed by atoms with Crippen LogP contribution in [-0.4, -0.2) is 35.6 Å². The Balaban J connectivity index is 2.55. The Morgan fingerprint density at radius 3 is 2.33 bits per heavy atom. The van der Waals surface area contributed by atoms with E-state index in [4.69, 9.17) is 21.3 Å². The summed E-state index contributed by atoms with van der Waals surface area (Å²) in [4.78, 5) is 21.7. The second kappa shape index (κ2) is 9.37. The van der Waals surface area contributed by atoms with E-state index in [0.29, 0.717) is 13.0 Å². The van der Waals surface area contributed by atoms with Crippen LogP contribution in [0.3, 0.4) is 0 Å². The van der Waals surface area contributed by atoms with Crippen molar-refractivity contribution in [2.45, 2.75) is 32.9 Å². The van der Waals surface area contributed by atoms with Gasteiger partial charge in [-0.15, -0.1) is 0 Å². The van der Waals surface area contributed by atoms with Crippen molar-refractivity contribution in [2.24, 2.45) is 0 Å². The quantitative estimate of drug-likeness (QED) is 0.545. The lowest BCUT2D eigenvalue weighted by Gasteiger charge is -2.25. The molecule has 0 fully saturated rings. The van der Waals surface area contributed by atoms with Crippen LogP contribution in [0.25, 0.3) is 0 Å². The number of hydrogen-bond acceptors (Lipinski definition) is 5. The van der Waals surface area contributed by atoms with E-state index in [1.165, 1.54) is 13.8 Å². The molecule has 0 aliphatic heterocycles. The van der Waals surface area contributed by atoms with Gasteiger partial charge in [-0.2, -0.15) is 0 Å². The van der Waals surface area contributed by atoms with Gasteiger partial charge in [0.1, 0.15) is 6.61 Å². The number of rotatable bonds is 8. The smallest absolute Gasteiger partial charge is 0.302 e. The van der Waals surface area contributed by atoms with Gasteiger partial charge in [-0.3, -0.25) is 9.59 Å². The van der Waals surface area contributed by atoms with E-state index >= 15 is 0 Å². The second-order valence-corrected chi connectivity index (χ2v) is 5.06. The minimum atomic E-state index is -0.364. The predicted molar refractivity (Wildman–Crippen MR) is 79.5 cm³/mol. The van der Waals surface area contributed by atoms with Gasteiger partial charge in [0.2, 0.25) is 0 Å². The SMILES string of the molecule is CC(=O)OCCC(COC(C)=O)N(Cl)Cc1ccccc1. The molecule has 116 valence electrons. The highest BCUT2D eigenvalue weighted by molar-refractivity contribution is 6.13. The van der Waals surface area contributed by atoms with E-state index in [1.807, 2.05) is 30.3 Å². The molecule has 0 radical (unpaired) electrons. The van der Waals surface area contributed by atoms with Gasteiger partial charge in [0, 0.05) is 26.8 Å². The Bertz CT molecular complexity index is 452. The highest BCUT2D eigenvalue weighted by Crippen LogP contribution is 2.14. The number of benzene rings is 1. The van der Waals surface area contributed by atoms with Crippen LogP contribution in [0.15, 0.2) is 30.3 Å². The van der Waals surface area contributed by atoms with Gasteiger partial charge in [-0.25, -0.2) is 4.42 Å². The molecule has 0 bridgehead atoms. The van der Waals surface area contributed by atoms with E-state index in [9.17, 15) is 9.59 Å². The Morgan fingerprint density at radius 1 is 1.14 bits per heavy atom. The molecule has 0 saturated carbocycles. The molecule has 21 heavy (non-hydrogen) atoms. The molecule has 1 unspecified atom stereocenters. The average molecular weight is 314 g/mol. The fourth-order valence-electron chi connectivity index (χ4n) is 1.74. The Hall–Kier alpha value is -1.59. The van der Waals surface area contributed by atoms with Crippen LogP contribution in [0.2, 0.25) is 0 Å². The van der Waals surface area contributed by atoms with E-state index in [2.05, 4.69) is 0 Å². The molecule has 0 heterocycles. The van der Waals surface area contributed by atoms with Crippen molar-refractivity contribution in [1.82, 2.24) is 4.42 Å². The molecule has 0 saturated heterocycles. The van der Waals surface area contributed by atoms with Crippen LogP contribution in [-0.2, 0) is 25.6 Å². The fourth-order valence-corrected chi connectivity index (χ4v) is 2.04. The summed E-state index contributed by atoms with van der Waals surface area (Å²) in [5.41, 5.74) is 1.05. The third-order valence-electron chi connectivity index (χ3n) is 2.81. The molecule has 6 heteroatoms. The van der Waals surface area contributed by atoms with Crippen LogP contribution < -0.4 is 0 Å². The Labute approximate surface area is 129 Å². The maximum absolute atomic E-state index is 10.9. The van der Waals surface area contributed by atoms with Gasteiger partial charge >= 0.3 is 11.9 Å². The summed E-state index contributed by atoms with van der Waals surface area (Å²) in [6, 6.07) is 9.49. The summed E-state index contributed by atoms with van der Waals surface area (Å²) in [6.07, 6.45) is 0.489. The van der Waals surface area contributed by atoms with E-state index in [1.54, 1.807) is 4.42 Å². The Morgan fingerprint density at radius 2 is 1.76 bits per heavy atom. The van der Waals surface area contributed by atoms with Crippen molar-refractivity contribution < 1.29 is 19.1 Å². The monoisotopic (exact) mass is 313 g/mol. The van der Waals surface area contributed by atoms with E-state index in [0.717, 1.165) is 5.56 Å². The maximum atomic E-state index is 10.9. The standard InChI is InChI=1S/C15H20ClNO4/c1-12(18)20-9-8-15(11-21-13(2)19)17(16)10-14-6-4-3-5-7-14/h3-7,15H,8-11H2,1-2H3. The van der Waals surface area contributed by atoms with Crippen LogP contribution in [0.4, 0.5) is 0 Å². The zero-order chi connectivity index (χ0) is 15.7. The first-order valence-corrected chi connectivity index (χ1v) is 7.06. The molecule has 0 aliphatic rings. The lowest BCUT2D eigenvalue weighted by atomic mass is 10.2.